The lowest BCUT2D eigenvalue weighted by Crippen LogP contribution is -2.14. The number of epoxide rings is 1. The highest BCUT2D eigenvalue weighted by Crippen LogP contribution is 1.87. The van der Waals surface area contributed by atoms with Crippen molar-refractivity contribution in [1.29, 1.82) is 0 Å². The SMILES string of the molecule is C1CO1.C1OCOCO1. The molecule has 0 N–H and O–H groups in total. The highest BCUT2D eigenvalue weighted by Gasteiger charge is 1.94. The van der Waals surface area contributed by atoms with Crippen molar-refractivity contribution in [1.82, 2.24) is 0 Å². The molecule has 2 rings (SSSR count). The summed E-state index contributed by atoms with van der Waals surface area (Å²) in [4.78, 5) is 0. The van der Waals surface area contributed by atoms with Gasteiger partial charge in [-0.25, -0.2) is 0 Å². The Morgan fingerprint density at radius 1 is 0.556 bits per heavy atom. The van der Waals surface area contributed by atoms with Crippen LogP contribution >= 0.6 is 0 Å². The summed E-state index contributed by atoms with van der Waals surface area (Å²) in [6.45, 7) is 3.12. The predicted molar refractivity (Wildman–Crippen MR) is 28.7 cm³/mol. The highest BCUT2D eigenvalue weighted by atomic mass is 16.8. The van der Waals surface area contributed by atoms with E-state index in [2.05, 4.69) is 18.9 Å². The van der Waals surface area contributed by atoms with E-state index in [1.54, 1.807) is 0 Å². The average molecular weight is 134 g/mol. The Hall–Kier alpha value is -0.160. The molecule has 2 saturated heterocycles. The number of rotatable bonds is 0. The molecule has 4 nitrogen and oxygen atoms in total. The second-order valence-corrected chi connectivity index (χ2v) is 1.58. The number of hydrogen-bond donors (Lipinski definition) is 0. The maximum atomic E-state index is 4.62. The van der Waals surface area contributed by atoms with Crippen LogP contribution in [0.3, 0.4) is 0 Å². The molecule has 0 aromatic rings. The number of hydrogen-bond acceptors (Lipinski definition) is 4. The molecule has 54 valence electrons. The Morgan fingerprint density at radius 3 is 1.00 bits per heavy atom. The van der Waals surface area contributed by atoms with Crippen molar-refractivity contribution < 1.29 is 18.9 Å². The molecule has 2 aliphatic rings. The highest BCUT2D eigenvalue weighted by molar-refractivity contribution is 4.36. The van der Waals surface area contributed by atoms with Gasteiger partial charge in [0.15, 0.2) is 20.4 Å². The van der Waals surface area contributed by atoms with Crippen molar-refractivity contribution in [3.05, 3.63) is 0 Å². The first-order chi connectivity index (χ1) is 4.50. The maximum absolute atomic E-state index is 4.62. The molecule has 2 heterocycles. The van der Waals surface area contributed by atoms with Gasteiger partial charge in [-0.2, -0.15) is 0 Å². The van der Waals surface area contributed by atoms with Crippen molar-refractivity contribution in [2.45, 2.75) is 0 Å². The van der Waals surface area contributed by atoms with E-state index in [9.17, 15) is 0 Å². The van der Waals surface area contributed by atoms with Crippen LogP contribution in [0.15, 0.2) is 0 Å². The van der Waals surface area contributed by atoms with Crippen LogP contribution in [0.2, 0.25) is 0 Å². The van der Waals surface area contributed by atoms with Gasteiger partial charge in [-0.15, -0.1) is 0 Å². The maximum Gasteiger partial charge on any atom is 0.152 e. The summed E-state index contributed by atoms with van der Waals surface area (Å²) in [7, 11) is 0. The Morgan fingerprint density at radius 2 is 0.889 bits per heavy atom. The molecule has 0 aliphatic carbocycles. The zero-order valence-electron chi connectivity index (χ0n) is 5.17. The third kappa shape index (κ3) is 5.72. The van der Waals surface area contributed by atoms with Crippen LogP contribution in [0, 0.1) is 0 Å². The molecule has 2 fully saturated rings. The van der Waals surface area contributed by atoms with Crippen LogP contribution in [0.5, 0.6) is 0 Å². The van der Waals surface area contributed by atoms with Crippen molar-refractivity contribution in [2.24, 2.45) is 0 Å². The van der Waals surface area contributed by atoms with Crippen molar-refractivity contribution >= 4 is 0 Å². The van der Waals surface area contributed by atoms with Crippen molar-refractivity contribution in [3.63, 3.8) is 0 Å². The molecule has 0 amide bonds. The predicted octanol–water partition coefficient (Wildman–Crippen LogP) is -0.0611. The number of ether oxygens (including phenoxy) is 4. The normalized spacial score (nSPS) is 24.0. The van der Waals surface area contributed by atoms with Crippen LogP contribution in [-0.2, 0) is 18.9 Å². The summed E-state index contributed by atoms with van der Waals surface area (Å²) in [5, 5.41) is 0. The summed E-state index contributed by atoms with van der Waals surface area (Å²) in [5.74, 6) is 0. The Bertz CT molecular complexity index is 45.7. The van der Waals surface area contributed by atoms with E-state index in [1.807, 2.05) is 0 Å². The molecule has 9 heavy (non-hydrogen) atoms. The van der Waals surface area contributed by atoms with E-state index < -0.39 is 0 Å². The van der Waals surface area contributed by atoms with E-state index in [-0.39, 0.29) is 0 Å². The molecule has 0 aromatic carbocycles. The van der Waals surface area contributed by atoms with Gasteiger partial charge >= 0.3 is 0 Å². The first kappa shape index (κ1) is 6.95. The van der Waals surface area contributed by atoms with Gasteiger partial charge < -0.3 is 18.9 Å². The fourth-order valence-corrected chi connectivity index (χ4v) is 0.279. The molecular formula is C5H10O4. The molecule has 2 aliphatic heterocycles. The zero-order valence-corrected chi connectivity index (χ0v) is 5.17. The molecule has 0 radical (unpaired) electrons. The average Bonchev–Trinajstić information content (AvgIpc) is 2.76. The molecule has 0 unspecified atom stereocenters. The van der Waals surface area contributed by atoms with Gasteiger partial charge in [0.05, 0.1) is 13.2 Å². The van der Waals surface area contributed by atoms with Gasteiger partial charge in [-0.1, -0.05) is 0 Å². The smallest absolute Gasteiger partial charge is 0.152 e. The standard InChI is InChI=1S/C3H6O3.C2H4O/c1-4-2-6-3-5-1;1-2-3-1/h1-3H2;1-2H2. The Labute approximate surface area is 53.6 Å². The summed E-state index contributed by atoms with van der Waals surface area (Å²) in [6.07, 6.45) is 0. The Kier molecular flexibility index (Phi) is 3.63. The molecular weight excluding hydrogens is 124 g/mol. The van der Waals surface area contributed by atoms with Gasteiger partial charge in [0.1, 0.15) is 0 Å². The van der Waals surface area contributed by atoms with Crippen molar-refractivity contribution in [2.75, 3.05) is 33.6 Å². The van der Waals surface area contributed by atoms with Crippen LogP contribution < -0.4 is 0 Å². The fraction of sp³-hybridized carbons (Fsp3) is 1.00. The minimum Gasteiger partial charge on any atom is -0.377 e. The largest absolute Gasteiger partial charge is 0.377 e. The van der Waals surface area contributed by atoms with E-state index in [1.165, 1.54) is 0 Å². The Balaban J connectivity index is 0.000000112. The molecule has 0 aromatic heterocycles. The van der Waals surface area contributed by atoms with Gasteiger partial charge in [-0.05, 0) is 0 Å². The molecule has 0 spiro atoms. The first-order valence-corrected chi connectivity index (χ1v) is 2.81. The first-order valence-electron chi connectivity index (χ1n) is 2.81. The topological polar surface area (TPSA) is 40.2 Å². The van der Waals surface area contributed by atoms with E-state index in [4.69, 9.17) is 0 Å². The molecule has 0 saturated carbocycles. The second-order valence-electron chi connectivity index (χ2n) is 1.58. The van der Waals surface area contributed by atoms with Crippen LogP contribution in [0.25, 0.3) is 0 Å². The quantitative estimate of drug-likeness (QED) is 0.435. The zero-order chi connectivity index (χ0) is 6.36. The van der Waals surface area contributed by atoms with Gasteiger partial charge in [0.25, 0.3) is 0 Å². The third-order valence-electron chi connectivity index (χ3n) is 0.704. The minimum absolute atomic E-state index is 0.375. The molecule has 0 atom stereocenters. The molecule has 4 heteroatoms. The van der Waals surface area contributed by atoms with Gasteiger partial charge in [-0.3, -0.25) is 0 Å². The lowest BCUT2D eigenvalue weighted by Gasteiger charge is -2.10. The summed E-state index contributed by atoms with van der Waals surface area (Å²) in [6, 6.07) is 0. The van der Waals surface area contributed by atoms with E-state index in [0.29, 0.717) is 20.4 Å². The van der Waals surface area contributed by atoms with E-state index in [0.717, 1.165) is 13.2 Å². The minimum atomic E-state index is 0.375. The van der Waals surface area contributed by atoms with Crippen molar-refractivity contribution in [3.8, 4) is 0 Å². The fourth-order valence-electron chi connectivity index (χ4n) is 0.279. The summed E-state index contributed by atoms with van der Waals surface area (Å²) in [5.41, 5.74) is 0. The summed E-state index contributed by atoms with van der Waals surface area (Å²) < 4.78 is 18.4. The lowest BCUT2D eigenvalue weighted by atomic mass is 11.0. The summed E-state index contributed by atoms with van der Waals surface area (Å²) >= 11 is 0. The second kappa shape index (κ2) is 4.69. The van der Waals surface area contributed by atoms with Crippen LogP contribution in [-0.4, -0.2) is 33.6 Å². The van der Waals surface area contributed by atoms with Gasteiger partial charge in [0.2, 0.25) is 0 Å². The third-order valence-corrected chi connectivity index (χ3v) is 0.704. The van der Waals surface area contributed by atoms with Crippen LogP contribution in [0.4, 0.5) is 0 Å². The lowest BCUT2D eigenvalue weighted by molar-refractivity contribution is -0.247. The van der Waals surface area contributed by atoms with Gasteiger partial charge in [0, 0.05) is 0 Å². The van der Waals surface area contributed by atoms with Crippen LogP contribution in [0.1, 0.15) is 0 Å². The van der Waals surface area contributed by atoms with E-state index >= 15 is 0 Å². The monoisotopic (exact) mass is 134 g/mol. The molecule has 0 bridgehead atoms.